The average Bonchev–Trinajstić information content (AvgIpc) is 3.81. The first-order chi connectivity index (χ1) is 36.2. The zero-order valence-corrected chi connectivity index (χ0v) is 39.7. The Hall–Kier alpha value is -9.77. The van der Waals surface area contributed by atoms with Gasteiger partial charge in [0.15, 0.2) is 17.5 Å². The maximum absolute atomic E-state index is 4.98. The van der Waals surface area contributed by atoms with E-state index < -0.39 is 0 Å². The van der Waals surface area contributed by atoms with Crippen LogP contribution in [0.4, 0.5) is 0 Å². The molecule has 0 atom stereocenters. The van der Waals surface area contributed by atoms with Crippen molar-refractivity contribution in [2.24, 2.45) is 0 Å². The summed E-state index contributed by atoms with van der Waals surface area (Å²) in [5.41, 5.74) is 15.6. The SMILES string of the molecule is c1ccc(-c2cccc(-c3ccc4c5ccccc5n(-c5cc(-c6ccc(-c7ccc(-c8nc(-c9ccccc9)nc(-c9ccccc9)n8)cc7)cc6)c6c7ccccc7c7ccccc7c6c5)c4c3)c2)cc1. The predicted octanol–water partition coefficient (Wildman–Crippen LogP) is 18.1. The van der Waals surface area contributed by atoms with E-state index in [4.69, 9.17) is 15.0 Å². The second kappa shape index (κ2) is 17.6. The molecule has 14 rings (SSSR count). The van der Waals surface area contributed by atoms with Crippen molar-refractivity contribution in [3.8, 4) is 84.4 Å². The predicted molar refractivity (Wildman–Crippen MR) is 305 cm³/mol. The van der Waals surface area contributed by atoms with E-state index in [0.29, 0.717) is 17.5 Å². The maximum Gasteiger partial charge on any atom is 0.164 e. The Labute approximate surface area is 422 Å². The fourth-order valence-electron chi connectivity index (χ4n) is 10.9. The molecular weight excluding hydrogens is 885 g/mol. The Morgan fingerprint density at radius 3 is 1.21 bits per heavy atom. The molecule has 4 heteroatoms. The Morgan fingerprint density at radius 1 is 0.219 bits per heavy atom. The van der Waals surface area contributed by atoms with Crippen LogP contribution in [0.25, 0.3) is 138 Å². The van der Waals surface area contributed by atoms with Crippen molar-refractivity contribution in [2.75, 3.05) is 0 Å². The fraction of sp³-hybridized carbons (Fsp3) is 0. The van der Waals surface area contributed by atoms with Gasteiger partial charge in [-0.05, 0) is 107 Å². The van der Waals surface area contributed by atoms with Gasteiger partial charge < -0.3 is 4.57 Å². The lowest BCUT2D eigenvalue weighted by molar-refractivity contribution is 1.07. The normalized spacial score (nSPS) is 11.6. The number of hydrogen-bond donors (Lipinski definition) is 0. The van der Waals surface area contributed by atoms with Crippen LogP contribution in [0, 0.1) is 0 Å². The van der Waals surface area contributed by atoms with Gasteiger partial charge in [-0.3, -0.25) is 0 Å². The maximum atomic E-state index is 4.98. The van der Waals surface area contributed by atoms with Crippen molar-refractivity contribution >= 4 is 54.1 Å². The summed E-state index contributed by atoms with van der Waals surface area (Å²) in [5, 5.41) is 9.90. The number of rotatable bonds is 8. The summed E-state index contributed by atoms with van der Waals surface area (Å²) in [6.07, 6.45) is 0. The lowest BCUT2D eigenvalue weighted by Crippen LogP contribution is -2.00. The number of nitrogens with zero attached hydrogens (tertiary/aromatic N) is 4. The minimum absolute atomic E-state index is 0.637. The Morgan fingerprint density at radius 2 is 0.603 bits per heavy atom. The van der Waals surface area contributed by atoms with Crippen LogP contribution < -0.4 is 0 Å². The zero-order chi connectivity index (χ0) is 48.2. The van der Waals surface area contributed by atoms with Gasteiger partial charge in [-0.2, -0.15) is 0 Å². The van der Waals surface area contributed by atoms with Crippen LogP contribution in [0.1, 0.15) is 0 Å². The van der Waals surface area contributed by atoms with Crippen molar-refractivity contribution in [3.63, 3.8) is 0 Å². The number of para-hydroxylation sites is 1. The molecule has 0 N–H and O–H groups in total. The van der Waals surface area contributed by atoms with Crippen molar-refractivity contribution < 1.29 is 0 Å². The first-order valence-electron chi connectivity index (χ1n) is 24.8. The number of aromatic nitrogens is 4. The highest BCUT2D eigenvalue weighted by atomic mass is 15.0. The van der Waals surface area contributed by atoms with E-state index in [1.54, 1.807) is 0 Å². The molecule has 0 aliphatic carbocycles. The average molecular weight is 929 g/mol. The van der Waals surface area contributed by atoms with Crippen LogP contribution in [0.2, 0.25) is 0 Å². The molecule has 2 aromatic heterocycles. The molecule has 0 saturated carbocycles. The van der Waals surface area contributed by atoms with Crippen molar-refractivity contribution in [2.45, 2.75) is 0 Å². The monoisotopic (exact) mass is 928 g/mol. The van der Waals surface area contributed by atoms with Gasteiger partial charge in [-0.1, -0.05) is 237 Å². The van der Waals surface area contributed by atoms with Gasteiger partial charge >= 0.3 is 0 Å². The molecule has 0 unspecified atom stereocenters. The Balaban J connectivity index is 0.910. The van der Waals surface area contributed by atoms with Gasteiger partial charge in [0.1, 0.15) is 0 Å². The van der Waals surface area contributed by atoms with Crippen LogP contribution in [-0.2, 0) is 0 Å². The van der Waals surface area contributed by atoms with Gasteiger partial charge in [0.2, 0.25) is 0 Å². The fourth-order valence-corrected chi connectivity index (χ4v) is 10.9. The summed E-state index contributed by atoms with van der Waals surface area (Å²) in [7, 11) is 0. The highest BCUT2D eigenvalue weighted by Crippen LogP contribution is 2.44. The summed E-state index contributed by atoms with van der Waals surface area (Å²) < 4.78 is 2.48. The van der Waals surface area contributed by atoms with Gasteiger partial charge in [0.05, 0.1) is 11.0 Å². The molecule has 73 heavy (non-hydrogen) atoms. The molecule has 4 nitrogen and oxygen atoms in total. The number of benzene rings is 12. The van der Waals surface area contributed by atoms with Gasteiger partial charge in [0.25, 0.3) is 0 Å². The van der Waals surface area contributed by atoms with E-state index in [1.807, 2.05) is 60.7 Å². The molecule has 0 aliphatic heterocycles. The Kier molecular flexibility index (Phi) is 10.1. The first kappa shape index (κ1) is 42.1. The summed E-state index contributed by atoms with van der Waals surface area (Å²) >= 11 is 0. The third kappa shape index (κ3) is 7.44. The third-order valence-corrected chi connectivity index (χ3v) is 14.4. The molecule has 0 saturated heterocycles. The highest BCUT2D eigenvalue weighted by molar-refractivity contribution is 6.29. The molecular formula is C69H44N4. The first-order valence-corrected chi connectivity index (χ1v) is 24.8. The van der Waals surface area contributed by atoms with Crippen LogP contribution in [0.3, 0.4) is 0 Å². The van der Waals surface area contributed by atoms with Crippen molar-refractivity contribution in [3.05, 3.63) is 267 Å². The van der Waals surface area contributed by atoms with E-state index in [0.717, 1.165) is 39.1 Å². The molecule has 0 spiro atoms. The topological polar surface area (TPSA) is 43.6 Å². The van der Waals surface area contributed by atoms with Gasteiger partial charge in [-0.15, -0.1) is 0 Å². The lowest BCUT2D eigenvalue weighted by Gasteiger charge is -2.18. The summed E-state index contributed by atoms with van der Waals surface area (Å²) in [6, 6.07) is 95.9. The number of fused-ring (bicyclic) bond motifs is 9. The molecule has 0 fully saturated rings. The summed E-state index contributed by atoms with van der Waals surface area (Å²) in [4.78, 5) is 14.9. The van der Waals surface area contributed by atoms with E-state index in [-0.39, 0.29) is 0 Å². The second-order valence-electron chi connectivity index (χ2n) is 18.7. The van der Waals surface area contributed by atoms with Crippen LogP contribution >= 0.6 is 0 Å². The van der Waals surface area contributed by atoms with E-state index in [9.17, 15) is 0 Å². The molecule has 0 aliphatic rings. The zero-order valence-electron chi connectivity index (χ0n) is 39.7. The molecule has 0 bridgehead atoms. The minimum Gasteiger partial charge on any atom is -0.309 e. The molecule has 0 amide bonds. The van der Waals surface area contributed by atoms with Crippen LogP contribution in [0.5, 0.6) is 0 Å². The standard InChI is InChI=1S/C69H44N4/c1-4-17-45(18-5-1)52-23-16-24-53(41-52)54-39-40-60-59-28-14-15-30-64(59)73(65(60)42-54)55-43-62(66-61-29-13-12-26-57(61)56-25-10-11-27-58(56)63(66)44-55)48-35-31-46(32-36-48)47-33-37-51(38-34-47)69-71-67(49-19-6-2-7-20-49)70-68(72-69)50-21-8-3-9-22-50/h1-44H. The van der Waals surface area contributed by atoms with Crippen molar-refractivity contribution in [1.29, 1.82) is 0 Å². The highest BCUT2D eigenvalue weighted by Gasteiger charge is 2.20. The Bertz CT molecular complexity index is 4330. The molecule has 2 heterocycles. The second-order valence-corrected chi connectivity index (χ2v) is 18.7. The molecule has 12 aromatic carbocycles. The quantitative estimate of drug-likeness (QED) is 0.143. The van der Waals surface area contributed by atoms with Crippen molar-refractivity contribution in [1.82, 2.24) is 19.5 Å². The van der Waals surface area contributed by atoms with E-state index >= 15 is 0 Å². The van der Waals surface area contributed by atoms with E-state index in [2.05, 4.69) is 211 Å². The summed E-state index contributed by atoms with van der Waals surface area (Å²) in [5.74, 6) is 1.93. The third-order valence-electron chi connectivity index (χ3n) is 14.4. The molecule has 14 aromatic rings. The lowest BCUT2D eigenvalue weighted by atomic mass is 9.88. The van der Waals surface area contributed by atoms with Crippen LogP contribution in [0.15, 0.2) is 267 Å². The van der Waals surface area contributed by atoms with E-state index in [1.165, 1.54) is 81.9 Å². The van der Waals surface area contributed by atoms with Gasteiger partial charge in [-0.25, -0.2) is 15.0 Å². The van der Waals surface area contributed by atoms with Gasteiger partial charge in [0, 0.05) is 33.2 Å². The minimum atomic E-state index is 0.637. The molecule has 340 valence electrons. The van der Waals surface area contributed by atoms with Crippen LogP contribution in [-0.4, -0.2) is 19.5 Å². The smallest absolute Gasteiger partial charge is 0.164 e. The summed E-state index contributed by atoms with van der Waals surface area (Å²) in [6.45, 7) is 0. The largest absolute Gasteiger partial charge is 0.309 e. The molecule has 0 radical (unpaired) electrons. The number of hydrogen-bond acceptors (Lipinski definition) is 3.